The van der Waals surface area contributed by atoms with E-state index in [9.17, 15) is 9.59 Å². The molecule has 26 heavy (non-hydrogen) atoms. The van der Waals surface area contributed by atoms with Crippen LogP contribution in [-0.4, -0.2) is 18.5 Å². The number of unbranched alkanes of at least 4 members (excludes halogenated alkanes) is 6. The Balaban J connectivity index is 2.00. The van der Waals surface area contributed by atoms with Crippen LogP contribution in [-0.2, 0) is 14.3 Å². The third-order valence-electron chi connectivity index (χ3n) is 4.13. The summed E-state index contributed by atoms with van der Waals surface area (Å²) in [4.78, 5) is 23.3. The molecule has 0 aromatic heterocycles. The van der Waals surface area contributed by atoms with Gasteiger partial charge in [0, 0.05) is 17.9 Å². The molecule has 0 aliphatic rings. The van der Waals surface area contributed by atoms with Crippen molar-refractivity contribution >= 4 is 23.5 Å². The van der Waals surface area contributed by atoms with Crippen LogP contribution >= 0.6 is 11.6 Å². The first kappa shape index (κ1) is 22.5. The molecule has 0 aliphatic heterocycles. The smallest absolute Gasteiger partial charge is 0.311 e. The fourth-order valence-corrected chi connectivity index (χ4v) is 2.78. The monoisotopic (exact) mass is 382 g/mol. The van der Waals surface area contributed by atoms with Crippen LogP contribution in [0.3, 0.4) is 0 Å². The van der Waals surface area contributed by atoms with Gasteiger partial charge in [-0.05, 0) is 49.9 Å². The summed E-state index contributed by atoms with van der Waals surface area (Å²) in [5.41, 5.74) is 0.860. The van der Waals surface area contributed by atoms with E-state index in [0.717, 1.165) is 56.9 Å². The van der Waals surface area contributed by atoms with E-state index >= 15 is 0 Å². The Morgan fingerprint density at radius 2 is 1.54 bits per heavy atom. The van der Waals surface area contributed by atoms with Gasteiger partial charge in [0.1, 0.15) is 5.75 Å². The van der Waals surface area contributed by atoms with Crippen molar-refractivity contribution in [3.05, 3.63) is 28.8 Å². The Kier molecular flexibility index (Phi) is 11.8. The maximum atomic E-state index is 11.9. The second-order valence-corrected chi connectivity index (χ2v) is 7.02. The summed E-state index contributed by atoms with van der Waals surface area (Å²) in [6.45, 7) is 4.49. The highest BCUT2D eigenvalue weighted by molar-refractivity contribution is 6.30. The summed E-state index contributed by atoms with van der Waals surface area (Å²) in [5.74, 6) is 0.286. The van der Waals surface area contributed by atoms with Gasteiger partial charge in [0.2, 0.25) is 0 Å². The Labute approximate surface area is 162 Å². The molecule has 0 radical (unpaired) electrons. The van der Waals surface area contributed by atoms with Gasteiger partial charge in [-0.1, -0.05) is 50.6 Å². The van der Waals surface area contributed by atoms with Gasteiger partial charge in [0.05, 0.1) is 6.61 Å². The minimum absolute atomic E-state index is 0.0845. The predicted molar refractivity (Wildman–Crippen MR) is 105 cm³/mol. The van der Waals surface area contributed by atoms with E-state index in [1.165, 1.54) is 0 Å². The average Bonchev–Trinajstić information content (AvgIpc) is 2.60. The van der Waals surface area contributed by atoms with Crippen LogP contribution < -0.4 is 4.74 Å². The topological polar surface area (TPSA) is 52.6 Å². The van der Waals surface area contributed by atoms with Crippen LogP contribution in [0.4, 0.5) is 0 Å². The molecule has 1 aromatic rings. The molecule has 0 fully saturated rings. The summed E-state index contributed by atoms with van der Waals surface area (Å²) in [6.07, 6.45) is 8.78. The summed E-state index contributed by atoms with van der Waals surface area (Å²) in [7, 11) is 0. The van der Waals surface area contributed by atoms with Crippen LogP contribution in [0, 0.1) is 6.92 Å². The highest BCUT2D eigenvalue weighted by atomic mass is 35.5. The van der Waals surface area contributed by atoms with Crippen LogP contribution in [0.1, 0.15) is 76.7 Å². The van der Waals surface area contributed by atoms with Gasteiger partial charge in [-0.25, -0.2) is 0 Å². The molecule has 1 rings (SSSR count). The Morgan fingerprint density at radius 1 is 0.923 bits per heavy atom. The van der Waals surface area contributed by atoms with E-state index < -0.39 is 0 Å². The van der Waals surface area contributed by atoms with Crippen molar-refractivity contribution in [1.82, 2.24) is 0 Å². The van der Waals surface area contributed by atoms with Crippen molar-refractivity contribution in [1.29, 1.82) is 0 Å². The van der Waals surface area contributed by atoms with Crippen LogP contribution in [0.25, 0.3) is 0 Å². The summed E-state index contributed by atoms with van der Waals surface area (Å²) in [5, 5.41) is 0.636. The van der Waals surface area contributed by atoms with Crippen molar-refractivity contribution in [2.24, 2.45) is 0 Å². The van der Waals surface area contributed by atoms with Gasteiger partial charge in [0.25, 0.3) is 0 Å². The number of hydrogen-bond acceptors (Lipinski definition) is 4. The van der Waals surface area contributed by atoms with Gasteiger partial charge < -0.3 is 9.47 Å². The Bertz CT molecular complexity index is 557. The van der Waals surface area contributed by atoms with Crippen molar-refractivity contribution in [3.63, 3.8) is 0 Å². The summed E-state index contributed by atoms with van der Waals surface area (Å²) in [6, 6.07) is 5.23. The maximum absolute atomic E-state index is 11.9. The molecule has 0 atom stereocenters. The van der Waals surface area contributed by atoms with Gasteiger partial charge in [-0.3, -0.25) is 9.59 Å². The highest BCUT2D eigenvalue weighted by Gasteiger charge is 2.07. The lowest BCUT2D eigenvalue weighted by Gasteiger charge is -2.07. The molecule has 1 aromatic carbocycles. The zero-order valence-electron chi connectivity index (χ0n) is 16.0. The number of carbonyl (C=O) groups is 2. The number of ether oxygens (including phenoxy) is 2. The first-order chi connectivity index (χ1) is 12.5. The quantitative estimate of drug-likeness (QED) is 0.238. The Morgan fingerprint density at radius 3 is 2.15 bits per heavy atom. The zero-order chi connectivity index (χ0) is 19.2. The second kappa shape index (κ2) is 13.6. The number of aryl methyl sites for hydroxylation is 1. The van der Waals surface area contributed by atoms with E-state index in [0.29, 0.717) is 30.2 Å². The molecular weight excluding hydrogens is 352 g/mol. The number of hydrogen-bond donors (Lipinski definition) is 0. The Hall–Kier alpha value is -1.55. The average molecular weight is 383 g/mol. The molecule has 0 saturated carbocycles. The highest BCUT2D eigenvalue weighted by Crippen LogP contribution is 2.22. The fourth-order valence-electron chi connectivity index (χ4n) is 2.55. The molecule has 4 nitrogen and oxygen atoms in total. The SMILES string of the molecule is CCCCOC(=O)CCCCCCCCC(=O)Oc1ccc(Cl)cc1C. The van der Waals surface area contributed by atoms with Crippen molar-refractivity contribution in [3.8, 4) is 5.75 Å². The molecule has 0 bridgehead atoms. The van der Waals surface area contributed by atoms with Crippen molar-refractivity contribution in [2.45, 2.75) is 78.1 Å². The normalized spacial score (nSPS) is 10.6. The third-order valence-corrected chi connectivity index (χ3v) is 4.37. The van der Waals surface area contributed by atoms with Gasteiger partial charge >= 0.3 is 11.9 Å². The second-order valence-electron chi connectivity index (χ2n) is 6.58. The maximum Gasteiger partial charge on any atom is 0.311 e. The lowest BCUT2D eigenvalue weighted by Crippen LogP contribution is -2.08. The minimum atomic E-state index is -0.203. The van der Waals surface area contributed by atoms with Gasteiger partial charge in [0.15, 0.2) is 0 Å². The lowest BCUT2D eigenvalue weighted by molar-refractivity contribution is -0.144. The standard InChI is InChI=1S/C21H31ClO4/c1-3-4-15-25-20(23)11-9-7-5-6-8-10-12-21(24)26-19-14-13-18(22)16-17(19)2/h13-14,16H,3-12,15H2,1-2H3. The molecule has 0 unspecified atom stereocenters. The molecule has 146 valence electrons. The molecule has 0 amide bonds. The number of benzene rings is 1. The number of esters is 2. The molecular formula is C21H31ClO4. The molecule has 0 spiro atoms. The minimum Gasteiger partial charge on any atom is -0.466 e. The predicted octanol–water partition coefficient (Wildman–Crippen LogP) is 6.02. The largest absolute Gasteiger partial charge is 0.466 e. The van der Waals surface area contributed by atoms with Gasteiger partial charge in [-0.2, -0.15) is 0 Å². The lowest BCUT2D eigenvalue weighted by atomic mass is 10.1. The van der Waals surface area contributed by atoms with E-state index in [-0.39, 0.29) is 11.9 Å². The van der Waals surface area contributed by atoms with E-state index in [4.69, 9.17) is 21.1 Å². The first-order valence-electron chi connectivity index (χ1n) is 9.65. The summed E-state index contributed by atoms with van der Waals surface area (Å²) < 4.78 is 10.5. The van der Waals surface area contributed by atoms with Gasteiger partial charge in [-0.15, -0.1) is 0 Å². The van der Waals surface area contributed by atoms with Crippen molar-refractivity contribution < 1.29 is 19.1 Å². The number of carbonyl (C=O) groups excluding carboxylic acids is 2. The summed E-state index contributed by atoms with van der Waals surface area (Å²) >= 11 is 5.89. The fraction of sp³-hybridized carbons (Fsp3) is 0.619. The van der Waals surface area contributed by atoms with Crippen LogP contribution in [0.15, 0.2) is 18.2 Å². The number of halogens is 1. The molecule has 0 saturated heterocycles. The molecule has 0 heterocycles. The van der Waals surface area contributed by atoms with Crippen molar-refractivity contribution in [2.75, 3.05) is 6.61 Å². The molecule has 5 heteroatoms. The molecule has 0 N–H and O–H groups in total. The van der Waals surface area contributed by atoms with Crippen LogP contribution in [0.2, 0.25) is 5.02 Å². The van der Waals surface area contributed by atoms with Crippen LogP contribution in [0.5, 0.6) is 5.75 Å². The van der Waals surface area contributed by atoms with E-state index in [1.807, 2.05) is 6.92 Å². The number of rotatable bonds is 13. The zero-order valence-corrected chi connectivity index (χ0v) is 16.8. The first-order valence-corrected chi connectivity index (χ1v) is 10.0. The third kappa shape index (κ3) is 10.4. The molecule has 0 aliphatic carbocycles. The van der Waals surface area contributed by atoms with E-state index in [1.54, 1.807) is 18.2 Å². The van der Waals surface area contributed by atoms with E-state index in [2.05, 4.69) is 6.92 Å².